The van der Waals surface area contributed by atoms with Gasteiger partial charge in [-0.15, -0.1) is 0 Å². The average molecular weight is 176 g/mol. The van der Waals surface area contributed by atoms with Crippen LogP contribution < -0.4 is 0 Å². The second kappa shape index (κ2) is 3.21. The molecule has 0 unspecified atom stereocenters. The molecule has 1 aromatic carbocycles. The number of aldehydes is 1. The van der Waals surface area contributed by atoms with E-state index in [0.717, 1.165) is 24.2 Å². The van der Waals surface area contributed by atoms with Crippen molar-refractivity contribution in [2.75, 3.05) is 0 Å². The van der Waals surface area contributed by atoms with Crippen molar-refractivity contribution >= 4 is 6.29 Å². The fourth-order valence-corrected chi connectivity index (χ4v) is 1.46. The van der Waals surface area contributed by atoms with E-state index in [1.54, 1.807) is 6.07 Å². The van der Waals surface area contributed by atoms with E-state index in [1.165, 1.54) is 18.9 Å². The van der Waals surface area contributed by atoms with Gasteiger partial charge in [0.1, 0.15) is 12.0 Å². The molecule has 0 amide bonds. The van der Waals surface area contributed by atoms with E-state index < -0.39 is 0 Å². The SMILES string of the molecule is O=Cc1ccc(CC2CC2)c(O)c1. The molecule has 13 heavy (non-hydrogen) atoms. The Hall–Kier alpha value is -1.31. The molecule has 1 N–H and O–H groups in total. The zero-order valence-electron chi connectivity index (χ0n) is 7.36. The minimum absolute atomic E-state index is 0.261. The molecule has 2 rings (SSSR count). The van der Waals surface area contributed by atoms with Crippen molar-refractivity contribution in [3.05, 3.63) is 29.3 Å². The van der Waals surface area contributed by atoms with E-state index >= 15 is 0 Å². The highest BCUT2D eigenvalue weighted by molar-refractivity contribution is 5.75. The van der Waals surface area contributed by atoms with E-state index in [0.29, 0.717) is 5.56 Å². The standard InChI is InChI=1S/C11H12O2/c12-7-9-3-4-10(11(13)6-9)5-8-1-2-8/h3-4,6-8,13H,1-2,5H2. The lowest BCUT2D eigenvalue weighted by molar-refractivity contribution is 0.112. The number of benzene rings is 1. The summed E-state index contributed by atoms with van der Waals surface area (Å²) in [4.78, 5) is 10.4. The Labute approximate surface area is 77.2 Å². The molecule has 0 spiro atoms. The Kier molecular flexibility index (Phi) is 2.05. The second-order valence-corrected chi connectivity index (χ2v) is 3.65. The predicted molar refractivity (Wildman–Crippen MR) is 49.9 cm³/mol. The molecule has 1 aliphatic carbocycles. The van der Waals surface area contributed by atoms with Gasteiger partial charge < -0.3 is 5.11 Å². The van der Waals surface area contributed by atoms with Gasteiger partial charge in [-0.3, -0.25) is 4.79 Å². The zero-order valence-corrected chi connectivity index (χ0v) is 7.36. The summed E-state index contributed by atoms with van der Waals surface area (Å²) in [5, 5.41) is 9.54. The van der Waals surface area contributed by atoms with Crippen LogP contribution in [0.5, 0.6) is 5.75 Å². The van der Waals surface area contributed by atoms with Crippen LogP contribution in [0.4, 0.5) is 0 Å². The van der Waals surface area contributed by atoms with Crippen LogP contribution in [0.25, 0.3) is 0 Å². The molecule has 0 heterocycles. The Morgan fingerprint density at radius 3 is 2.77 bits per heavy atom. The average Bonchev–Trinajstić information content (AvgIpc) is 2.92. The topological polar surface area (TPSA) is 37.3 Å². The number of phenols is 1. The molecule has 1 fully saturated rings. The summed E-state index contributed by atoms with van der Waals surface area (Å²) >= 11 is 0. The van der Waals surface area contributed by atoms with Gasteiger partial charge in [-0.25, -0.2) is 0 Å². The van der Waals surface area contributed by atoms with Crippen LogP contribution in [0.2, 0.25) is 0 Å². The highest BCUT2D eigenvalue weighted by Gasteiger charge is 2.22. The zero-order chi connectivity index (χ0) is 9.26. The summed E-state index contributed by atoms with van der Waals surface area (Å²) < 4.78 is 0. The monoisotopic (exact) mass is 176 g/mol. The van der Waals surface area contributed by atoms with Gasteiger partial charge in [-0.2, -0.15) is 0 Å². The number of hydrogen-bond donors (Lipinski definition) is 1. The van der Waals surface area contributed by atoms with Gasteiger partial charge in [-0.05, 0) is 36.8 Å². The molecular formula is C11H12O2. The van der Waals surface area contributed by atoms with Crippen LogP contribution in [0.3, 0.4) is 0 Å². The number of rotatable bonds is 3. The summed E-state index contributed by atoms with van der Waals surface area (Å²) in [6, 6.07) is 5.13. The summed E-state index contributed by atoms with van der Waals surface area (Å²) in [5.74, 6) is 1.02. The Bertz CT molecular complexity index is 327. The summed E-state index contributed by atoms with van der Waals surface area (Å²) in [6.07, 6.45) is 4.25. The van der Waals surface area contributed by atoms with Crippen LogP contribution in [0.15, 0.2) is 18.2 Å². The van der Waals surface area contributed by atoms with Gasteiger partial charge in [0, 0.05) is 5.56 Å². The van der Waals surface area contributed by atoms with Crippen LogP contribution >= 0.6 is 0 Å². The molecule has 0 aliphatic heterocycles. The molecule has 0 atom stereocenters. The molecule has 68 valence electrons. The quantitative estimate of drug-likeness (QED) is 0.716. The second-order valence-electron chi connectivity index (χ2n) is 3.65. The van der Waals surface area contributed by atoms with Crippen molar-refractivity contribution in [1.29, 1.82) is 0 Å². The van der Waals surface area contributed by atoms with Gasteiger partial charge in [0.2, 0.25) is 0 Å². The molecule has 0 aromatic heterocycles. The van der Waals surface area contributed by atoms with Gasteiger partial charge in [0.05, 0.1) is 0 Å². The van der Waals surface area contributed by atoms with Crippen LogP contribution in [0.1, 0.15) is 28.8 Å². The van der Waals surface area contributed by atoms with E-state index in [-0.39, 0.29) is 5.75 Å². The number of hydrogen-bond acceptors (Lipinski definition) is 2. The third kappa shape index (κ3) is 1.89. The lowest BCUT2D eigenvalue weighted by Crippen LogP contribution is -1.89. The van der Waals surface area contributed by atoms with Crippen molar-refractivity contribution in [2.45, 2.75) is 19.3 Å². The summed E-state index contributed by atoms with van der Waals surface area (Å²) in [5.41, 5.74) is 1.50. The third-order valence-corrected chi connectivity index (χ3v) is 2.45. The number of carbonyl (C=O) groups excluding carboxylic acids is 1. The highest BCUT2D eigenvalue weighted by Crippen LogP contribution is 2.34. The maximum absolute atomic E-state index is 10.4. The number of phenolic OH excluding ortho intramolecular Hbond substituents is 1. The maximum atomic E-state index is 10.4. The van der Waals surface area contributed by atoms with Crippen molar-refractivity contribution in [3.8, 4) is 5.75 Å². The molecule has 2 nitrogen and oxygen atoms in total. The fraction of sp³-hybridized carbons (Fsp3) is 0.364. The van der Waals surface area contributed by atoms with E-state index in [4.69, 9.17) is 0 Å². The normalized spacial score (nSPS) is 15.7. The van der Waals surface area contributed by atoms with Crippen molar-refractivity contribution < 1.29 is 9.90 Å². The van der Waals surface area contributed by atoms with Crippen molar-refractivity contribution in [1.82, 2.24) is 0 Å². The molecule has 0 saturated heterocycles. The summed E-state index contributed by atoms with van der Waals surface area (Å²) in [7, 11) is 0. The Balaban J connectivity index is 2.20. The first-order valence-corrected chi connectivity index (χ1v) is 4.56. The number of aromatic hydroxyl groups is 1. The number of carbonyl (C=O) groups is 1. The molecule has 1 saturated carbocycles. The first-order chi connectivity index (χ1) is 6.29. The summed E-state index contributed by atoms with van der Waals surface area (Å²) in [6.45, 7) is 0. The van der Waals surface area contributed by atoms with E-state index in [1.807, 2.05) is 6.07 Å². The van der Waals surface area contributed by atoms with Crippen molar-refractivity contribution in [3.63, 3.8) is 0 Å². The maximum Gasteiger partial charge on any atom is 0.150 e. The van der Waals surface area contributed by atoms with Crippen LogP contribution in [-0.4, -0.2) is 11.4 Å². The lowest BCUT2D eigenvalue weighted by Gasteiger charge is -2.03. The minimum atomic E-state index is 0.261. The molecule has 0 radical (unpaired) electrons. The first-order valence-electron chi connectivity index (χ1n) is 4.56. The van der Waals surface area contributed by atoms with Crippen molar-refractivity contribution in [2.24, 2.45) is 5.92 Å². The lowest BCUT2D eigenvalue weighted by atomic mass is 10.1. The van der Waals surface area contributed by atoms with Gasteiger partial charge in [-0.1, -0.05) is 12.1 Å². The fourth-order valence-electron chi connectivity index (χ4n) is 1.46. The highest BCUT2D eigenvalue weighted by atomic mass is 16.3. The molecule has 0 bridgehead atoms. The van der Waals surface area contributed by atoms with E-state index in [2.05, 4.69) is 0 Å². The third-order valence-electron chi connectivity index (χ3n) is 2.45. The largest absolute Gasteiger partial charge is 0.508 e. The van der Waals surface area contributed by atoms with Gasteiger partial charge >= 0.3 is 0 Å². The molecular weight excluding hydrogens is 164 g/mol. The predicted octanol–water partition coefficient (Wildman–Crippen LogP) is 2.16. The minimum Gasteiger partial charge on any atom is -0.508 e. The smallest absolute Gasteiger partial charge is 0.150 e. The van der Waals surface area contributed by atoms with E-state index in [9.17, 15) is 9.90 Å². The molecule has 2 heteroatoms. The Morgan fingerprint density at radius 1 is 1.46 bits per heavy atom. The first kappa shape index (κ1) is 8.30. The molecule has 1 aromatic rings. The molecule has 1 aliphatic rings. The Morgan fingerprint density at radius 2 is 2.23 bits per heavy atom. The van der Waals surface area contributed by atoms with Crippen LogP contribution in [0, 0.1) is 5.92 Å². The van der Waals surface area contributed by atoms with Gasteiger partial charge in [0.25, 0.3) is 0 Å². The van der Waals surface area contributed by atoms with Gasteiger partial charge in [0.15, 0.2) is 0 Å². The van der Waals surface area contributed by atoms with Crippen LogP contribution in [-0.2, 0) is 6.42 Å².